The Balaban J connectivity index is 1.87. The minimum Gasteiger partial charge on any atom is -0.468 e. The number of nitrogens with zero attached hydrogens (tertiary/aromatic N) is 2. The van der Waals surface area contributed by atoms with Gasteiger partial charge in [0, 0.05) is 18.4 Å². The molecule has 0 amide bonds. The lowest BCUT2D eigenvalue weighted by Gasteiger charge is -2.31. The van der Waals surface area contributed by atoms with Gasteiger partial charge in [-0.15, -0.1) is 0 Å². The zero-order valence-corrected chi connectivity index (χ0v) is 15.4. The highest BCUT2D eigenvalue weighted by Gasteiger charge is 2.74. The van der Waals surface area contributed by atoms with Crippen molar-refractivity contribution >= 4 is 21.7 Å². The predicted molar refractivity (Wildman–Crippen MR) is 91.4 cm³/mol. The summed E-state index contributed by atoms with van der Waals surface area (Å²) in [7, 11) is -3.24. The monoisotopic (exact) mass is 412 g/mol. The fourth-order valence-electron chi connectivity index (χ4n) is 4.88. The summed E-state index contributed by atoms with van der Waals surface area (Å²) in [5.41, 5.74) is -2.03. The van der Waals surface area contributed by atoms with Crippen LogP contribution in [0.15, 0.2) is 30.4 Å². The summed E-state index contributed by atoms with van der Waals surface area (Å²) in [4.78, 5) is 12.6. The van der Waals surface area contributed by atoms with Gasteiger partial charge in [0.25, 0.3) is 10.0 Å². The first-order valence-corrected chi connectivity index (χ1v) is 9.93. The summed E-state index contributed by atoms with van der Waals surface area (Å²) in [6.07, 6.45) is -0.788. The van der Waals surface area contributed by atoms with Crippen LogP contribution in [0.4, 0.5) is 18.9 Å². The van der Waals surface area contributed by atoms with Gasteiger partial charge in [-0.1, -0.05) is 12.2 Å². The van der Waals surface area contributed by atoms with E-state index in [1.165, 1.54) is 6.07 Å². The smallest absolute Gasteiger partial charge is 0.417 e. The molecule has 4 atom stereocenters. The molecular weight excluding hydrogens is 397 g/mol. The topological polar surface area (TPSA) is 87.5 Å². The molecule has 1 aromatic rings. The van der Waals surface area contributed by atoms with E-state index in [1.54, 1.807) is 6.08 Å². The number of fused-ring (bicyclic) bond motifs is 5. The van der Waals surface area contributed by atoms with E-state index in [0.29, 0.717) is 12.5 Å². The van der Waals surface area contributed by atoms with Crippen LogP contribution in [-0.2, 0) is 25.7 Å². The lowest BCUT2D eigenvalue weighted by molar-refractivity contribution is -0.145. The normalized spacial score (nSPS) is 32.2. The maximum absolute atomic E-state index is 13.4. The van der Waals surface area contributed by atoms with Gasteiger partial charge in [0.05, 0.1) is 30.0 Å². The van der Waals surface area contributed by atoms with Crippen molar-refractivity contribution in [3.63, 3.8) is 0 Å². The van der Waals surface area contributed by atoms with Crippen molar-refractivity contribution in [2.45, 2.75) is 17.3 Å². The summed E-state index contributed by atoms with van der Waals surface area (Å²) in [6, 6.07) is 4.22. The fourth-order valence-corrected chi connectivity index (χ4v) is 7.48. The second-order valence-corrected chi connectivity index (χ2v) is 9.22. The highest BCUT2D eigenvalue weighted by molar-refractivity contribution is 7.95. The zero-order chi connectivity index (χ0) is 20.5. The van der Waals surface area contributed by atoms with Gasteiger partial charge in [0.15, 0.2) is 4.75 Å². The SMILES string of the molecule is COC(=O)[C@@]12[C@@H]3C=C[C@@H](C3)[C@@H]1CN(c1ccc(C#N)c(C(F)(F)F)c1)S2(=O)=O. The van der Waals surface area contributed by atoms with Gasteiger partial charge < -0.3 is 4.74 Å². The van der Waals surface area contributed by atoms with Gasteiger partial charge in [-0.3, -0.25) is 9.10 Å². The first kappa shape index (κ1) is 18.8. The number of carbonyl (C=O) groups is 1. The third-order valence-corrected chi connectivity index (χ3v) is 8.60. The van der Waals surface area contributed by atoms with Crippen molar-refractivity contribution < 1.29 is 31.1 Å². The molecule has 1 aliphatic heterocycles. The number of carbonyl (C=O) groups excluding carboxylic acids is 1. The van der Waals surface area contributed by atoms with Gasteiger partial charge in [-0.2, -0.15) is 18.4 Å². The van der Waals surface area contributed by atoms with Crippen LogP contribution in [-0.4, -0.2) is 32.8 Å². The first-order valence-electron chi connectivity index (χ1n) is 8.49. The van der Waals surface area contributed by atoms with E-state index in [9.17, 15) is 26.4 Å². The molecule has 10 heteroatoms. The molecule has 1 saturated carbocycles. The van der Waals surface area contributed by atoms with Crippen LogP contribution < -0.4 is 4.31 Å². The number of allylic oxidation sites excluding steroid dienone is 2. The molecule has 1 saturated heterocycles. The maximum atomic E-state index is 13.4. The number of hydrogen-bond donors (Lipinski definition) is 0. The number of halogens is 3. The van der Waals surface area contributed by atoms with Crippen molar-refractivity contribution in [3.05, 3.63) is 41.5 Å². The third-order valence-electron chi connectivity index (χ3n) is 6.04. The van der Waals surface area contributed by atoms with Crippen molar-refractivity contribution in [1.29, 1.82) is 5.26 Å². The average Bonchev–Trinajstić information content (AvgIpc) is 3.30. The van der Waals surface area contributed by atoms with E-state index in [-0.39, 0.29) is 18.2 Å². The average molecular weight is 412 g/mol. The van der Waals surface area contributed by atoms with Crippen LogP contribution in [0.25, 0.3) is 0 Å². The number of benzene rings is 1. The number of esters is 1. The summed E-state index contributed by atoms with van der Waals surface area (Å²) >= 11 is 0. The van der Waals surface area contributed by atoms with Crippen LogP contribution in [0, 0.1) is 29.1 Å². The minimum atomic E-state index is -4.82. The van der Waals surface area contributed by atoms with E-state index in [1.807, 2.05) is 6.08 Å². The third kappa shape index (κ3) is 2.13. The Morgan fingerprint density at radius 3 is 2.68 bits per heavy atom. The molecule has 148 valence electrons. The molecular formula is C18H15F3N2O4S. The second kappa shape index (κ2) is 5.73. The van der Waals surface area contributed by atoms with Gasteiger partial charge in [-0.25, -0.2) is 8.42 Å². The molecule has 0 radical (unpaired) electrons. The van der Waals surface area contributed by atoms with Crippen LogP contribution in [0.2, 0.25) is 0 Å². The lowest BCUT2D eigenvalue weighted by Crippen LogP contribution is -2.53. The predicted octanol–water partition coefficient (Wildman–Crippen LogP) is 2.46. The molecule has 1 heterocycles. The molecule has 2 bridgehead atoms. The number of methoxy groups -OCH3 is 1. The van der Waals surface area contributed by atoms with Gasteiger partial charge in [0.2, 0.25) is 0 Å². The Kier molecular flexibility index (Phi) is 3.85. The molecule has 6 nitrogen and oxygen atoms in total. The summed E-state index contributed by atoms with van der Waals surface area (Å²) in [5.74, 6) is -2.23. The Hall–Kier alpha value is -2.54. The molecule has 1 aromatic carbocycles. The number of rotatable bonds is 2. The van der Waals surface area contributed by atoms with E-state index < -0.39 is 49.9 Å². The van der Waals surface area contributed by atoms with Crippen LogP contribution in [0.5, 0.6) is 0 Å². The summed E-state index contributed by atoms with van der Waals surface area (Å²) in [5, 5.41) is 8.94. The molecule has 28 heavy (non-hydrogen) atoms. The molecule has 3 aliphatic rings. The number of hydrogen-bond acceptors (Lipinski definition) is 5. The fraction of sp³-hybridized carbons (Fsp3) is 0.444. The minimum absolute atomic E-state index is 0.119. The number of alkyl halides is 3. The lowest BCUT2D eigenvalue weighted by atomic mass is 9.82. The molecule has 0 N–H and O–H groups in total. The summed E-state index contributed by atoms with van der Waals surface area (Å²) < 4.78 is 70.7. The maximum Gasteiger partial charge on any atom is 0.417 e. The number of ether oxygens (including phenoxy) is 1. The number of anilines is 1. The Morgan fingerprint density at radius 2 is 2.07 bits per heavy atom. The largest absolute Gasteiger partial charge is 0.468 e. The van der Waals surface area contributed by atoms with Crippen molar-refractivity contribution in [3.8, 4) is 6.07 Å². The molecule has 0 aromatic heterocycles. The standard InChI is InChI=1S/C18H15F3N2O4S/c1-27-16(24)17-12-4-2-10(6-12)15(17)9-23(28(17,25)26)13-5-3-11(8-22)14(7-13)18(19,20)21/h2-5,7,10,12,15H,6,9H2,1H3/t10-,12+,15-,17+/m0/s1. The van der Waals surface area contributed by atoms with Gasteiger partial charge in [0.1, 0.15) is 0 Å². The van der Waals surface area contributed by atoms with Crippen molar-refractivity contribution in [1.82, 2.24) is 0 Å². The van der Waals surface area contributed by atoms with Crippen LogP contribution >= 0.6 is 0 Å². The van der Waals surface area contributed by atoms with Gasteiger partial charge in [-0.05, 0) is 30.5 Å². The van der Waals surface area contributed by atoms with Crippen molar-refractivity contribution in [2.75, 3.05) is 18.0 Å². The van der Waals surface area contributed by atoms with E-state index in [0.717, 1.165) is 23.5 Å². The number of sulfonamides is 1. The molecule has 0 unspecified atom stereocenters. The quantitative estimate of drug-likeness (QED) is 0.550. The molecule has 2 fully saturated rings. The molecule has 2 aliphatic carbocycles. The van der Waals surface area contributed by atoms with E-state index in [4.69, 9.17) is 10.00 Å². The van der Waals surface area contributed by atoms with Crippen LogP contribution in [0.1, 0.15) is 17.5 Å². The molecule has 4 rings (SSSR count). The van der Waals surface area contributed by atoms with Crippen molar-refractivity contribution in [2.24, 2.45) is 17.8 Å². The Labute approximate surface area is 159 Å². The second-order valence-electron chi connectivity index (χ2n) is 7.16. The zero-order valence-electron chi connectivity index (χ0n) is 14.6. The molecule has 0 spiro atoms. The van der Waals surface area contributed by atoms with Crippen LogP contribution in [0.3, 0.4) is 0 Å². The number of nitriles is 1. The highest BCUT2D eigenvalue weighted by Crippen LogP contribution is 2.60. The highest BCUT2D eigenvalue weighted by atomic mass is 32.2. The Morgan fingerprint density at radius 1 is 1.36 bits per heavy atom. The van der Waals surface area contributed by atoms with E-state index >= 15 is 0 Å². The Bertz CT molecular complexity index is 1040. The first-order chi connectivity index (χ1) is 13.1. The summed E-state index contributed by atoms with van der Waals surface area (Å²) in [6.45, 7) is -0.119. The van der Waals surface area contributed by atoms with E-state index in [2.05, 4.69) is 0 Å². The van der Waals surface area contributed by atoms with Gasteiger partial charge >= 0.3 is 12.1 Å².